The molecule has 0 spiro atoms. The van der Waals surface area contributed by atoms with E-state index in [0.29, 0.717) is 31.2 Å². The first-order chi connectivity index (χ1) is 10.8. The third kappa shape index (κ3) is 3.85. The number of ether oxygens (including phenoxy) is 2. The van der Waals surface area contributed by atoms with Gasteiger partial charge in [0.25, 0.3) is 5.91 Å². The van der Waals surface area contributed by atoms with Gasteiger partial charge in [-0.2, -0.15) is 0 Å². The van der Waals surface area contributed by atoms with Crippen molar-refractivity contribution in [2.24, 2.45) is 0 Å². The molecule has 1 N–H and O–H groups in total. The van der Waals surface area contributed by atoms with Crippen LogP contribution in [0.1, 0.15) is 16.8 Å². The smallest absolute Gasteiger partial charge is 0.251 e. The van der Waals surface area contributed by atoms with Gasteiger partial charge in [0.15, 0.2) is 0 Å². The molecular formula is C16H19N3O3. The van der Waals surface area contributed by atoms with Gasteiger partial charge in [-0.15, -0.1) is 0 Å². The Morgan fingerprint density at radius 2 is 2.32 bits per heavy atom. The number of carbonyl (C=O) groups excluding carboxylic acids is 1. The molecule has 1 aliphatic heterocycles. The van der Waals surface area contributed by atoms with E-state index in [-0.39, 0.29) is 12.0 Å². The van der Waals surface area contributed by atoms with Crippen LogP contribution in [0.15, 0.2) is 42.9 Å². The Balaban J connectivity index is 1.52. The van der Waals surface area contributed by atoms with Crippen LogP contribution >= 0.6 is 0 Å². The fourth-order valence-electron chi connectivity index (χ4n) is 2.31. The van der Waals surface area contributed by atoms with Gasteiger partial charge in [0.05, 0.1) is 13.2 Å². The predicted molar refractivity (Wildman–Crippen MR) is 80.9 cm³/mol. The Bertz CT molecular complexity index is 607. The Hall–Kier alpha value is -2.34. The molecule has 2 aromatic heterocycles. The zero-order chi connectivity index (χ0) is 15.2. The fraction of sp³-hybridized carbons (Fsp3) is 0.375. The third-order valence-corrected chi connectivity index (χ3v) is 3.49. The number of rotatable bonds is 6. The largest absolute Gasteiger partial charge is 0.472 e. The highest BCUT2D eigenvalue weighted by Gasteiger charge is 2.18. The number of nitrogens with zero attached hydrogens (tertiary/aromatic N) is 2. The van der Waals surface area contributed by atoms with Gasteiger partial charge in [-0.1, -0.05) is 0 Å². The van der Waals surface area contributed by atoms with Crippen LogP contribution in [-0.4, -0.2) is 41.3 Å². The van der Waals surface area contributed by atoms with Crippen molar-refractivity contribution in [3.63, 3.8) is 0 Å². The van der Waals surface area contributed by atoms with Crippen molar-refractivity contribution in [2.45, 2.75) is 19.1 Å². The lowest BCUT2D eigenvalue weighted by Gasteiger charge is -2.11. The molecule has 116 valence electrons. The van der Waals surface area contributed by atoms with E-state index in [1.807, 2.05) is 29.1 Å². The molecule has 2 aromatic rings. The Kier molecular flexibility index (Phi) is 4.70. The summed E-state index contributed by atoms with van der Waals surface area (Å²) in [6.45, 7) is 2.61. The molecule has 6 heteroatoms. The average Bonchev–Trinajstić information content (AvgIpc) is 3.21. The maximum atomic E-state index is 12.1. The van der Waals surface area contributed by atoms with Crippen molar-refractivity contribution in [1.82, 2.24) is 14.9 Å². The third-order valence-electron chi connectivity index (χ3n) is 3.49. The highest BCUT2D eigenvalue weighted by atomic mass is 16.5. The zero-order valence-corrected chi connectivity index (χ0v) is 12.3. The van der Waals surface area contributed by atoms with Gasteiger partial charge < -0.3 is 19.4 Å². The van der Waals surface area contributed by atoms with E-state index in [4.69, 9.17) is 9.47 Å². The van der Waals surface area contributed by atoms with Crippen LogP contribution in [0.25, 0.3) is 0 Å². The minimum Gasteiger partial charge on any atom is -0.472 e. The highest BCUT2D eigenvalue weighted by molar-refractivity contribution is 5.94. The summed E-state index contributed by atoms with van der Waals surface area (Å²) in [7, 11) is 0. The summed E-state index contributed by atoms with van der Waals surface area (Å²) in [5.74, 6) is 0.343. The van der Waals surface area contributed by atoms with Crippen molar-refractivity contribution in [1.29, 1.82) is 0 Å². The lowest BCUT2D eigenvalue weighted by molar-refractivity contribution is 0.0950. The summed E-state index contributed by atoms with van der Waals surface area (Å²) in [6, 6.07) is 7.27. The Labute approximate surface area is 129 Å². The lowest BCUT2D eigenvalue weighted by Crippen LogP contribution is -2.27. The first-order valence-electron chi connectivity index (χ1n) is 7.41. The van der Waals surface area contributed by atoms with E-state index in [2.05, 4.69) is 10.3 Å². The summed E-state index contributed by atoms with van der Waals surface area (Å²) in [5, 5.41) is 2.89. The van der Waals surface area contributed by atoms with Crippen LogP contribution < -0.4 is 10.1 Å². The second kappa shape index (κ2) is 7.09. The van der Waals surface area contributed by atoms with Crippen LogP contribution in [0.4, 0.5) is 0 Å². The monoisotopic (exact) mass is 301 g/mol. The van der Waals surface area contributed by atoms with Gasteiger partial charge in [-0.25, -0.2) is 4.98 Å². The van der Waals surface area contributed by atoms with Gasteiger partial charge >= 0.3 is 0 Å². The van der Waals surface area contributed by atoms with E-state index in [9.17, 15) is 4.79 Å². The van der Waals surface area contributed by atoms with Crippen LogP contribution in [-0.2, 0) is 11.3 Å². The molecule has 1 unspecified atom stereocenters. The van der Waals surface area contributed by atoms with Gasteiger partial charge in [0.1, 0.15) is 6.10 Å². The van der Waals surface area contributed by atoms with E-state index >= 15 is 0 Å². The molecule has 1 fully saturated rings. The van der Waals surface area contributed by atoms with Crippen molar-refractivity contribution < 1.29 is 14.3 Å². The summed E-state index contributed by atoms with van der Waals surface area (Å²) >= 11 is 0. The molecule has 3 heterocycles. The SMILES string of the molecule is O=C(NCCn1cccc1)c1ccnc(OC2CCOC2)c1. The van der Waals surface area contributed by atoms with Crippen molar-refractivity contribution in [3.05, 3.63) is 48.4 Å². The second-order valence-corrected chi connectivity index (χ2v) is 5.16. The molecule has 0 saturated carbocycles. The number of hydrogen-bond donors (Lipinski definition) is 1. The van der Waals surface area contributed by atoms with Gasteiger partial charge in [0, 0.05) is 49.7 Å². The minimum atomic E-state index is -0.123. The maximum absolute atomic E-state index is 12.1. The van der Waals surface area contributed by atoms with E-state index in [0.717, 1.165) is 13.0 Å². The topological polar surface area (TPSA) is 65.4 Å². The normalized spacial score (nSPS) is 17.4. The summed E-state index contributed by atoms with van der Waals surface area (Å²) in [6.07, 6.45) is 6.41. The highest BCUT2D eigenvalue weighted by Crippen LogP contribution is 2.15. The summed E-state index contributed by atoms with van der Waals surface area (Å²) < 4.78 is 13.0. The predicted octanol–water partition coefficient (Wildman–Crippen LogP) is 1.48. The van der Waals surface area contributed by atoms with Crippen LogP contribution in [0, 0.1) is 0 Å². The molecule has 0 aromatic carbocycles. The first kappa shape index (κ1) is 14.6. The first-order valence-corrected chi connectivity index (χ1v) is 7.41. The average molecular weight is 301 g/mol. The lowest BCUT2D eigenvalue weighted by atomic mass is 10.2. The Morgan fingerprint density at radius 3 is 3.09 bits per heavy atom. The summed E-state index contributed by atoms with van der Waals surface area (Å²) in [5.41, 5.74) is 0.552. The zero-order valence-electron chi connectivity index (χ0n) is 12.3. The number of nitrogens with one attached hydrogen (secondary N) is 1. The number of carbonyl (C=O) groups is 1. The fourth-order valence-corrected chi connectivity index (χ4v) is 2.31. The van der Waals surface area contributed by atoms with Gasteiger partial charge in [-0.05, 0) is 18.2 Å². The van der Waals surface area contributed by atoms with Gasteiger partial charge in [0.2, 0.25) is 5.88 Å². The molecule has 6 nitrogen and oxygen atoms in total. The molecule has 0 aliphatic carbocycles. The van der Waals surface area contributed by atoms with E-state index < -0.39 is 0 Å². The maximum Gasteiger partial charge on any atom is 0.251 e. The standard InChI is InChI=1S/C16H19N3O3/c20-16(18-6-9-19-7-1-2-8-19)13-3-5-17-15(11-13)22-14-4-10-21-12-14/h1-3,5,7-8,11,14H,4,6,9-10,12H2,(H,18,20). The molecule has 3 rings (SSSR count). The number of pyridine rings is 1. The molecule has 22 heavy (non-hydrogen) atoms. The second-order valence-electron chi connectivity index (χ2n) is 5.16. The van der Waals surface area contributed by atoms with E-state index in [1.54, 1.807) is 18.3 Å². The molecule has 1 aliphatic rings. The van der Waals surface area contributed by atoms with Crippen molar-refractivity contribution >= 4 is 5.91 Å². The van der Waals surface area contributed by atoms with Crippen molar-refractivity contribution in [2.75, 3.05) is 19.8 Å². The molecule has 1 amide bonds. The van der Waals surface area contributed by atoms with Gasteiger partial charge in [-0.3, -0.25) is 4.79 Å². The molecular weight excluding hydrogens is 282 g/mol. The molecule has 0 radical (unpaired) electrons. The molecule has 1 atom stereocenters. The molecule has 1 saturated heterocycles. The number of hydrogen-bond acceptors (Lipinski definition) is 4. The number of amides is 1. The Morgan fingerprint density at radius 1 is 1.45 bits per heavy atom. The molecule has 0 bridgehead atoms. The van der Waals surface area contributed by atoms with Crippen LogP contribution in [0.5, 0.6) is 5.88 Å². The van der Waals surface area contributed by atoms with Crippen LogP contribution in [0.3, 0.4) is 0 Å². The van der Waals surface area contributed by atoms with Crippen LogP contribution in [0.2, 0.25) is 0 Å². The van der Waals surface area contributed by atoms with Crippen molar-refractivity contribution in [3.8, 4) is 5.88 Å². The number of aromatic nitrogens is 2. The summed E-state index contributed by atoms with van der Waals surface area (Å²) in [4.78, 5) is 16.3. The quantitative estimate of drug-likeness (QED) is 0.878. The minimum absolute atomic E-state index is 0.0274. The van der Waals surface area contributed by atoms with E-state index in [1.165, 1.54) is 0 Å².